The van der Waals surface area contributed by atoms with Gasteiger partial charge in [-0.15, -0.1) is 5.10 Å². The Morgan fingerprint density at radius 2 is 1.80 bits per heavy atom. The zero-order valence-electron chi connectivity index (χ0n) is 14.8. The number of aliphatic hydroxyl groups is 1. The van der Waals surface area contributed by atoms with Crippen molar-refractivity contribution >= 4 is 21.9 Å². The molecular formula is C20H22N4O. The molecule has 4 rings (SSSR count). The molecule has 5 nitrogen and oxygen atoms in total. The zero-order chi connectivity index (χ0) is 17.6. The molecule has 0 aliphatic rings. The summed E-state index contributed by atoms with van der Waals surface area (Å²) >= 11 is 0. The SMILES string of the molecule is Cc1ccc2c(c1)c(C)c(C)n2C[C@@H](O)Cn1nnc2ccccc21. The van der Waals surface area contributed by atoms with Crippen LogP contribution in [-0.2, 0) is 13.1 Å². The molecule has 0 aliphatic heterocycles. The van der Waals surface area contributed by atoms with E-state index in [4.69, 9.17) is 0 Å². The number of hydrogen-bond acceptors (Lipinski definition) is 3. The summed E-state index contributed by atoms with van der Waals surface area (Å²) in [5.74, 6) is 0. The van der Waals surface area contributed by atoms with Crippen molar-refractivity contribution in [2.24, 2.45) is 0 Å². The zero-order valence-corrected chi connectivity index (χ0v) is 14.8. The third-order valence-corrected chi connectivity index (χ3v) is 4.99. The van der Waals surface area contributed by atoms with Crippen molar-refractivity contribution in [1.29, 1.82) is 0 Å². The van der Waals surface area contributed by atoms with E-state index in [1.165, 1.54) is 27.7 Å². The van der Waals surface area contributed by atoms with Crippen LogP contribution in [0.1, 0.15) is 16.8 Å². The normalized spacial score (nSPS) is 13.0. The average molecular weight is 334 g/mol. The first-order valence-electron chi connectivity index (χ1n) is 8.57. The molecule has 0 aliphatic carbocycles. The molecule has 4 aromatic rings. The summed E-state index contributed by atoms with van der Waals surface area (Å²) in [6.45, 7) is 7.32. The quantitative estimate of drug-likeness (QED) is 0.622. The molecule has 0 unspecified atom stereocenters. The highest BCUT2D eigenvalue weighted by molar-refractivity contribution is 5.86. The van der Waals surface area contributed by atoms with E-state index in [0.717, 1.165) is 11.0 Å². The fraction of sp³-hybridized carbons (Fsp3) is 0.300. The Balaban J connectivity index is 1.64. The second-order valence-corrected chi connectivity index (χ2v) is 6.76. The van der Waals surface area contributed by atoms with Gasteiger partial charge in [-0.25, -0.2) is 4.68 Å². The van der Waals surface area contributed by atoms with E-state index in [1.807, 2.05) is 24.3 Å². The number of hydrogen-bond donors (Lipinski definition) is 1. The summed E-state index contributed by atoms with van der Waals surface area (Å²) in [4.78, 5) is 0. The summed E-state index contributed by atoms with van der Waals surface area (Å²) in [5.41, 5.74) is 6.69. The molecule has 2 heterocycles. The highest BCUT2D eigenvalue weighted by atomic mass is 16.3. The summed E-state index contributed by atoms with van der Waals surface area (Å²) < 4.78 is 3.98. The number of rotatable bonds is 4. The Bertz CT molecular complexity index is 1060. The monoisotopic (exact) mass is 334 g/mol. The van der Waals surface area contributed by atoms with Crippen molar-refractivity contribution in [1.82, 2.24) is 19.6 Å². The standard InChI is InChI=1S/C20H22N4O/c1-13-8-9-19-17(10-13)14(2)15(3)23(19)11-16(25)12-24-20-7-5-4-6-18(20)21-22-24/h4-10,16,25H,11-12H2,1-3H3/t16-/m1/s1. The molecular weight excluding hydrogens is 312 g/mol. The Morgan fingerprint density at radius 3 is 2.64 bits per heavy atom. The lowest BCUT2D eigenvalue weighted by Crippen LogP contribution is -2.23. The third-order valence-electron chi connectivity index (χ3n) is 4.99. The lowest BCUT2D eigenvalue weighted by molar-refractivity contribution is 0.131. The fourth-order valence-corrected chi connectivity index (χ4v) is 3.52. The van der Waals surface area contributed by atoms with E-state index in [1.54, 1.807) is 4.68 Å². The van der Waals surface area contributed by atoms with Crippen LogP contribution in [0, 0.1) is 20.8 Å². The molecule has 1 atom stereocenters. The molecule has 0 saturated carbocycles. The highest BCUT2D eigenvalue weighted by Crippen LogP contribution is 2.26. The van der Waals surface area contributed by atoms with Gasteiger partial charge in [-0.1, -0.05) is 29.0 Å². The van der Waals surface area contributed by atoms with Crippen molar-refractivity contribution in [3.05, 3.63) is 59.3 Å². The smallest absolute Gasteiger partial charge is 0.113 e. The molecule has 0 saturated heterocycles. The van der Waals surface area contributed by atoms with Crippen LogP contribution in [0.3, 0.4) is 0 Å². The van der Waals surface area contributed by atoms with E-state index < -0.39 is 6.10 Å². The molecule has 128 valence electrons. The molecule has 2 aromatic heterocycles. The maximum atomic E-state index is 10.7. The summed E-state index contributed by atoms with van der Waals surface area (Å²) in [5, 5.41) is 20.3. The topological polar surface area (TPSA) is 55.9 Å². The van der Waals surface area contributed by atoms with Gasteiger partial charge in [0.2, 0.25) is 0 Å². The number of nitrogens with zero attached hydrogens (tertiary/aromatic N) is 4. The maximum absolute atomic E-state index is 10.7. The number of aliphatic hydroxyl groups excluding tert-OH is 1. The van der Waals surface area contributed by atoms with Crippen molar-refractivity contribution in [3.8, 4) is 0 Å². The summed E-state index contributed by atoms with van der Waals surface area (Å²) in [6, 6.07) is 14.3. The van der Waals surface area contributed by atoms with Crippen LogP contribution in [0.5, 0.6) is 0 Å². The van der Waals surface area contributed by atoms with E-state index in [2.05, 4.69) is 53.8 Å². The van der Waals surface area contributed by atoms with Crippen LogP contribution in [-0.4, -0.2) is 30.8 Å². The van der Waals surface area contributed by atoms with E-state index in [-0.39, 0.29) is 0 Å². The second kappa shape index (κ2) is 6.01. The van der Waals surface area contributed by atoms with Gasteiger partial charge in [0.25, 0.3) is 0 Å². The lowest BCUT2D eigenvalue weighted by atomic mass is 10.1. The number of fused-ring (bicyclic) bond motifs is 2. The Morgan fingerprint density at radius 1 is 1.00 bits per heavy atom. The molecule has 0 amide bonds. The van der Waals surface area contributed by atoms with Gasteiger partial charge in [0.15, 0.2) is 0 Å². The predicted molar refractivity (Wildman–Crippen MR) is 99.7 cm³/mol. The molecule has 0 fully saturated rings. The van der Waals surface area contributed by atoms with Gasteiger partial charge >= 0.3 is 0 Å². The second-order valence-electron chi connectivity index (χ2n) is 6.76. The fourth-order valence-electron chi connectivity index (χ4n) is 3.52. The van der Waals surface area contributed by atoms with Crippen LogP contribution >= 0.6 is 0 Å². The van der Waals surface area contributed by atoms with Crippen LogP contribution in [0.25, 0.3) is 21.9 Å². The average Bonchev–Trinajstić information content (AvgIpc) is 3.10. The Hall–Kier alpha value is -2.66. The van der Waals surface area contributed by atoms with Gasteiger partial charge in [-0.2, -0.15) is 0 Å². The number of benzene rings is 2. The van der Waals surface area contributed by atoms with E-state index in [9.17, 15) is 5.11 Å². The first-order valence-corrected chi connectivity index (χ1v) is 8.57. The van der Waals surface area contributed by atoms with Crippen LogP contribution in [0.4, 0.5) is 0 Å². The van der Waals surface area contributed by atoms with Crippen molar-refractivity contribution < 1.29 is 5.11 Å². The van der Waals surface area contributed by atoms with Crippen molar-refractivity contribution in [3.63, 3.8) is 0 Å². The summed E-state index contributed by atoms with van der Waals surface area (Å²) in [7, 11) is 0. The van der Waals surface area contributed by atoms with E-state index >= 15 is 0 Å². The number of para-hydroxylation sites is 1. The highest BCUT2D eigenvalue weighted by Gasteiger charge is 2.16. The van der Waals surface area contributed by atoms with E-state index in [0.29, 0.717) is 13.1 Å². The van der Waals surface area contributed by atoms with Crippen molar-refractivity contribution in [2.45, 2.75) is 40.0 Å². The van der Waals surface area contributed by atoms with Gasteiger partial charge < -0.3 is 9.67 Å². The van der Waals surface area contributed by atoms with Crippen molar-refractivity contribution in [2.75, 3.05) is 0 Å². The van der Waals surface area contributed by atoms with Gasteiger partial charge in [0.05, 0.1) is 24.7 Å². The molecule has 25 heavy (non-hydrogen) atoms. The molecule has 0 radical (unpaired) electrons. The summed E-state index contributed by atoms with van der Waals surface area (Å²) in [6.07, 6.45) is -0.542. The minimum absolute atomic E-state index is 0.421. The van der Waals surface area contributed by atoms with Gasteiger partial charge in [0.1, 0.15) is 5.52 Å². The Kier molecular flexibility index (Phi) is 3.81. The number of aromatic nitrogens is 4. The molecule has 0 bridgehead atoms. The molecule has 5 heteroatoms. The van der Waals surface area contributed by atoms with Gasteiger partial charge in [0, 0.05) is 16.6 Å². The van der Waals surface area contributed by atoms with Crippen LogP contribution in [0.15, 0.2) is 42.5 Å². The third kappa shape index (κ3) is 2.70. The first kappa shape index (κ1) is 15.8. The molecule has 2 aromatic carbocycles. The van der Waals surface area contributed by atoms with Gasteiger partial charge in [-0.05, 0) is 50.6 Å². The van der Waals surface area contributed by atoms with Crippen LogP contribution < -0.4 is 0 Å². The lowest BCUT2D eigenvalue weighted by Gasteiger charge is -2.15. The first-order chi connectivity index (χ1) is 12.0. The maximum Gasteiger partial charge on any atom is 0.113 e. The van der Waals surface area contributed by atoms with Crippen LogP contribution in [0.2, 0.25) is 0 Å². The molecule has 1 N–H and O–H groups in total. The predicted octanol–water partition coefficient (Wildman–Crippen LogP) is 3.37. The molecule has 0 spiro atoms. The van der Waals surface area contributed by atoms with Gasteiger partial charge in [-0.3, -0.25) is 0 Å². The number of aryl methyl sites for hydroxylation is 2. The minimum Gasteiger partial charge on any atom is -0.389 e. The Labute approximate surface area is 146 Å². The minimum atomic E-state index is -0.542. The largest absolute Gasteiger partial charge is 0.389 e.